The fraction of sp³-hybridized carbons (Fsp3) is 0.667. The Kier molecular flexibility index (Phi) is 7.64. The van der Waals surface area contributed by atoms with E-state index in [1.807, 2.05) is 6.92 Å². The lowest BCUT2D eigenvalue weighted by atomic mass is 10.3. The summed E-state index contributed by atoms with van der Waals surface area (Å²) in [6.45, 7) is 5.21. The molecular formula is C12H19ClN4O3. The first-order valence-electron chi connectivity index (χ1n) is 6.59. The predicted molar refractivity (Wildman–Crippen MR) is 75.0 cm³/mol. The van der Waals surface area contributed by atoms with E-state index in [1.54, 1.807) is 6.92 Å². The molecule has 8 heteroatoms. The zero-order valence-electron chi connectivity index (χ0n) is 11.7. The van der Waals surface area contributed by atoms with Crippen LogP contribution in [0.25, 0.3) is 0 Å². The van der Waals surface area contributed by atoms with Crippen molar-refractivity contribution in [3.8, 4) is 6.01 Å². The van der Waals surface area contributed by atoms with E-state index in [0.29, 0.717) is 38.5 Å². The summed E-state index contributed by atoms with van der Waals surface area (Å²) in [6.07, 6.45) is 1.82. The topological polar surface area (TPSA) is 86.2 Å². The molecule has 0 aliphatic heterocycles. The van der Waals surface area contributed by atoms with E-state index < -0.39 is 0 Å². The maximum Gasteiger partial charge on any atom is 0.322 e. The number of hydrogen-bond acceptors (Lipinski definition) is 7. The molecule has 112 valence electrons. The van der Waals surface area contributed by atoms with Crippen molar-refractivity contribution >= 4 is 23.5 Å². The maximum absolute atomic E-state index is 11.1. The third-order valence-electron chi connectivity index (χ3n) is 2.17. The van der Waals surface area contributed by atoms with Crippen LogP contribution >= 0.6 is 11.6 Å². The number of halogens is 1. The Morgan fingerprint density at radius 1 is 1.30 bits per heavy atom. The van der Waals surface area contributed by atoms with Crippen molar-refractivity contribution in [2.24, 2.45) is 0 Å². The van der Waals surface area contributed by atoms with E-state index in [-0.39, 0.29) is 17.3 Å². The van der Waals surface area contributed by atoms with Crippen molar-refractivity contribution in [1.29, 1.82) is 0 Å². The fourth-order valence-corrected chi connectivity index (χ4v) is 1.49. The Balaban J connectivity index is 2.39. The van der Waals surface area contributed by atoms with Crippen LogP contribution in [0.1, 0.15) is 33.1 Å². The predicted octanol–water partition coefficient (Wildman–Crippen LogP) is 2.07. The second kappa shape index (κ2) is 9.30. The summed E-state index contributed by atoms with van der Waals surface area (Å²) < 4.78 is 10.1. The highest BCUT2D eigenvalue weighted by molar-refractivity contribution is 6.28. The number of ether oxygens (including phenoxy) is 2. The van der Waals surface area contributed by atoms with Gasteiger partial charge < -0.3 is 14.8 Å². The van der Waals surface area contributed by atoms with Crippen LogP contribution in [0, 0.1) is 0 Å². The highest BCUT2D eigenvalue weighted by atomic mass is 35.5. The van der Waals surface area contributed by atoms with E-state index in [0.717, 1.165) is 6.42 Å². The zero-order chi connectivity index (χ0) is 14.8. The van der Waals surface area contributed by atoms with Crippen molar-refractivity contribution in [1.82, 2.24) is 15.0 Å². The normalized spacial score (nSPS) is 10.2. The molecule has 1 aromatic heterocycles. The quantitative estimate of drug-likeness (QED) is 0.552. The summed E-state index contributed by atoms with van der Waals surface area (Å²) in [4.78, 5) is 23.0. The number of carbonyl (C=O) groups is 1. The fourth-order valence-electron chi connectivity index (χ4n) is 1.33. The van der Waals surface area contributed by atoms with Gasteiger partial charge in [-0.1, -0.05) is 6.92 Å². The number of aromatic nitrogens is 3. The van der Waals surface area contributed by atoms with E-state index in [4.69, 9.17) is 21.1 Å². The van der Waals surface area contributed by atoms with Crippen LogP contribution in [0.3, 0.4) is 0 Å². The summed E-state index contributed by atoms with van der Waals surface area (Å²) in [7, 11) is 0. The van der Waals surface area contributed by atoms with Gasteiger partial charge in [0.15, 0.2) is 0 Å². The van der Waals surface area contributed by atoms with Gasteiger partial charge in [0.05, 0.1) is 13.2 Å². The molecule has 0 aliphatic rings. The van der Waals surface area contributed by atoms with Crippen LogP contribution in [0.5, 0.6) is 6.01 Å². The third-order valence-corrected chi connectivity index (χ3v) is 2.34. The highest BCUT2D eigenvalue weighted by Gasteiger charge is 2.06. The Morgan fingerprint density at radius 2 is 2.10 bits per heavy atom. The molecular weight excluding hydrogens is 284 g/mol. The van der Waals surface area contributed by atoms with Gasteiger partial charge in [0.25, 0.3) is 0 Å². The van der Waals surface area contributed by atoms with Crippen LogP contribution in [-0.2, 0) is 9.53 Å². The Hall–Kier alpha value is -1.63. The van der Waals surface area contributed by atoms with Crippen molar-refractivity contribution in [2.75, 3.05) is 25.1 Å². The monoisotopic (exact) mass is 302 g/mol. The van der Waals surface area contributed by atoms with Crippen molar-refractivity contribution in [3.05, 3.63) is 5.28 Å². The second-order valence-corrected chi connectivity index (χ2v) is 4.23. The van der Waals surface area contributed by atoms with Gasteiger partial charge in [-0.05, 0) is 31.4 Å². The summed E-state index contributed by atoms with van der Waals surface area (Å²) in [6, 6.07) is 0.194. The molecule has 0 spiro atoms. The Labute approximate surface area is 123 Å². The average Bonchev–Trinajstić information content (AvgIpc) is 2.41. The van der Waals surface area contributed by atoms with E-state index in [2.05, 4.69) is 20.3 Å². The lowest BCUT2D eigenvalue weighted by Gasteiger charge is -2.07. The smallest absolute Gasteiger partial charge is 0.322 e. The molecule has 1 aromatic rings. The van der Waals surface area contributed by atoms with Crippen LogP contribution in [-0.4, -0.2) is 40.7 Å². The standard InChI is InChI=1S/C12H19ClN4O3/c1-3-8-20-12-16-10(13)15-11(17-12)14-7-5-6-9(18)19-4-2/h3-8H2,1-2H3,(H,14,15,16,17). The molecule has 0 unspecified atom stereocenters. The Bertz CT molecular complexity index is 431. The number of anilines is 1. The number of nitrogens with one attached hydrogen (secondary N) is 1. The molecule has 20 heavy (non-hydrogen) atoms. The SMILES string of the molecule is CCCOc1nc(Cl)nc(NCCCC(=O)OCC)n1. The third kappa shape index (κ3) is 6.51. The molecule has 0 saturated carbocycles. The molecule has 1 heterocycles. The summed E-state index contributed by atoms with van der Waals surface area (Å²) in [5.41, 5.74) is 0. The van der Waals surface area contributed by atoms with Crippen LogP contribution < -0.4 is 10.1 Å². The van der Waals surface area contributed by atoms with Gasteiger partial charge in [-0.2, -0.15) is 15.0 Å². The van der Waals surface area contributed by atoms with E-state index in [9.17, 15) is 4.79 Å². The second-order valence-electron chi connectivity index (χ2n) is 3.89. The lowest BCUT2D eigenvalue weighted by molar-refractivity contribution is -0.143. The zero-order valence-corrected chi connectivity index (χ0v) is 12.4. The molecule has 7 nitrogen and oxygen atoms in total. The molecule has 0 aromatic carbocycles. The molecule has 0 saturated heterocycles. The molecule has 0 radical (unpaired) electrons. The average molecular weight is 303 g/mol. The minimum atomic E-state index is -0.213. The van der Waals surface area contributed by atoms with Crippen LogP contribution in [0.2, 0.25) is 5.28 Å². The van der Waals surface area contributed by atoms with Gasteiger partial charge in [0.2, 0.25) is 11.2 Å². The molecule has 0 amide bonds. The Morgan fingerprint density at radius 3 is 2.80 bits per heavy atom. The molecule has 0 aliphatic carbocycles. The summed E-state index contributed by atoms with van der Waals surface area (Å²) in [5.74, 6) is 0.120. The van der Waals surface area contributed by atoms with Crippen molar-refractivity contribution < 1.29 is 14.3 Å². The van der Waals surface area contributed by atoms with E-state index >= 15 is 0 Å². The molecule has 1 rings (SSSR count). The van der Waals surface area contributed by atoms with Gasteiger partial charge in [-0.3, -0.25) is 4.79 Å². The largest absolute Gasteiger partial charge is 0.466 e. The first-order chi connectivity index (χ1) is 9.65. The number of esters is 1. The molecule has 0 bridgehead atoms. The minimum Gasteiger partial charge on any atom is -0.466 e. The number of hydrogen-bond donors (Lipinski definition) is 1. The first kappa shape index (κ1) is 16.4. The first-order valence-corrected chi connectivity index (χ1v) is 6.97. The van der Waals surface area contributed by atoms with Gasteiger partial charge in [0.1, 0.15) is 0 Å². The molecule has 0 fully saturated rings. The lowest BCUT2D eigenvalue weighted by Crippen LogP contribution is -2.11. The van der Waals surface area contributed by atoms with Crippen molar-refractivity contribution in [2.45, 2.75) is 33.1 Å². The van der Waals surface area contributed by atoms with Gasteiger partial charge in [0, 0.05) is 13.0 Å². The maximum atomic E-state index is 11.1. The highest BCUT2D eigenvalue weighted by Crippen LogP contribution is 2.11. The van der Waals surface area contributed by atoms with Crippen LogP contribution in [0.15, 0.2) is 0 Å². The van der Waals surface area contributed by atoms with Gasteiger partial charge in [-0.25, -0.2) is 0 Å². The van der Waals surface area contributed by atoms with Gasteiger partial charge >= 0.3 is 12.0 Å². The van der Waals surface area contributed by atoms with Crippen LogP contribution in [0.4, 0.5) is 5.95 Å². The summed E-state index contributed by atoms with van der Waals surface area (Å²) >= 11 is 5.78. The number of rotatable bonds is 9. The molecule has 1 N–H and O–H groups in total. The minimum absolute atomic E-state index is 0.0685. The van der Waals surface area contributed by atoms with E-state index in [1.165, 1.54) is 0 Å². The summed E-state index contributed by atoms with van der Waals surface area (Å²) in [5, 5.41) is 3.03. The van der Waals surface area contributed by atoms with Gasteiger partial charge in [-0.15, -0.1) is 0 Å². The molecule has 0 atom stereocenters. The number of nitrogens with zero attached hydrogens (tertiary/aromatic N) is 3. The van der Waals surface area contributed by atoms with Crippen molar-refractivity contribution in [3.63, 3.8) is 0 Å². The number of carbonyl (C=O) groups excluding carboxylic acids is 1.